The van der Waals surface area contributed by atoms with E-state index in [1.807, 2.05) is 24.3 Å². The maximum Gasteiger partial charge on any atom is 0.307 e. The first-order chi connectivity index (χ1) is 8.19. The maximum absolute atomic E-state index is 11.2. The van der Waals surface area contributed by atoms with Gasteiger partial charge in [-0.25, -0.2) is 0 Å². The van der Waals surface area contributed by atoms with E-state index >= 15 is 0 Å². The molecule has 0 aliphatic rings. The van der Waals surface area contributed by atoms with Gasteiger partial charge in [-0.1, -0.05) is 19.1 Å². The van der Waals surface area contributed by atoms with Crippen molar-refractivity contribution in [2.75, 3.05) is 30.8 Å². The van der Waals surface area contributed by atoms with E-state index in [1.54, 1.807) is 0 Å². The normalized spacial score (nSPS) is 10.0. The third-order valence-corrected chi connectivity index (χ3v) is 2.58. The summed E-state index contributed by atoms with van der Waals surface area (Å²) in [4.78, 5) is 13.3. The Morgan fingerprint density at radius 2 is 2.06 bits per heavy atom. The fraction of sp³-hybridized carbons (Fsp3) is 0.462. The van der Waals surface area contributed by atoms with Crippen LogP contribution in [0.15, 0.2) is 24.3 Å². The Balaban J connectivity index is 2.72. The van der Waals surface area contributed by atoms with Gasteiger partial charge in [-0.3, -0.25) is 4.79 Å². The van der Waals surface area contributed by atoms with Gasteiger partial charge in [-0.05, 0) is 18.6 Å². The third kappa shape index (κ3) is 3.98. The van der Waals surface area contributed by atoms with E-state index in [2.05, 4.69) is 16.6 Å². The van der Waals surface area contributed by atoms with Gasteiger partial charge >= 0.3 is 5.97 Å². The van der Waals surface area contributed by atoms with E-state index in [4.69, 9.17) is 5.73 Å². The van der Waals surface area contributed by atoms with Crippen LogP contribution in [0.5, 0.6) is 0 Å². The molecule has 1 aromatic carbocycles. The Labute approximate surface area is 102 Å². The third-order valence-electron chi connectivity index (χ3n) is 2.58. The average molecular weight is 236 g/mol. The van der Waals surface area contributed by atoms with Crippen LogP contribution in [0, 0.1) is 0 Å². The average Bonchev–Trinajstić information content (AvgIpc) is 2.35. The quantitative estimate of drug-likeness (QED) is 0.606. The lowest BCUT2D eigenvalue weighted by Gasteiger charge is -2.25. The van der Waals surface area contributed by atoms with Gasteiger partial charge < -0.3 is 15.4 Å². The van der Waals surface area contributed by atoms with Crippen LogP contribution in [-0.4, -0.2) is 26.2 Å². The molecule has 4 nitrogen and oxygen atoms in total. The summed E-state index contributed by atoms with van der Waals surface area (Å²) < 4.78 is 4.65. The second-order valence-corrected chi connectivity index (χ2v) is 3.87. The number of anilines is 2. The Bertz CT molecular complexity index is 366. The molecule has 0 fully saturated rings. The first-order valence-electron chi connectivity index (χ1n) is 5.85. The molecule has 1 rings (SSSR count). The van der Waals surface area contributed by atoms with Crippen molar-refractivity contribution in [3.05, 3.63) is 24.3 Å². The van der Waals surface area contributed by atoms with Crippen molar-refractivity contribution < 1.29 is 9.53 Å². The molecular formula is C13H20N2O2. The molecule has 94 valence electrons. The van der Waals surface area contributed by atoms with Crippen LogP contribution in [0.1, 0.15) is 19.8 Å². The Morgan fingerprint density at radius 3 is 2.65 bits per heavy atom. The summed E-state index contributed by atoms with van der Waals surface area (Å²) in [6.07, 6.45) is 1.39. The van der Waals surface area contributed by atoms with E-state index in [-0.39, 0.29) is 5.97 Å². The van der Waals surface area contributed by atoms with Crippen LogP contribution >= 0.6 is 0 Å². The molecule has 0 saturated heterocycles. The number of carbonyl (C=O) groups is 1. The van der Waals surface area contributed by atoms with Crippen molar-refractivity contribution in [3.8, 4) is 0 Å². The fourth-order valence-electron chi connectivity index (χ4n) is 1.73. The summed E-state index contributed by atoms with van der Waals surface area (Å²) in [5.41, 5.74) is 7.66. The molecular weight excluding hydrogens is 216 g/mol. The van der Waals surface area contributed by atoms with Crippen molar-refractivity contribution >= 4 is 17.3 Å². The molecule has 0 unspecified atom stereocenters. The number of carbonyl (C=O) groups excluding carboxylic acids is 1. The van der Waals surface area contributed by atoms with Crippen LogP contribution in [-0.2, 0) is 9.53 Å². The van der Waals surface area contributed by atoms with E-state index in [0.717, 1.165) is 24.3 Å². The minimum Gasteiger partial charge on any atom is -0.469 e. The first-order valence-corrected chi connectivity index (χ1v) is 5.85. The van der Waals surface area contributed by atoms with Gasteiger partial charge in [0.25, 0.3) is 0 Å². The summed E-state index contributed by atoms with van der Waals surface area (Å²) in [5, 5.41) is 0. The highest BCUT2D eigenvalue weighted by molar-refractivity contribution is 5.71. The summed E-state index contributed by atoms with van der Waals surface area (Å²) in [6, 6.07) is 7.70. The predicted octanol–water partition coefficient (Wildman–Crippen LogP) is 2.05. The SMILES string of the molecule is CCCN(CCC(=O)OC)c1ccccc1N. The molecule has 0 radical (unpaired) electrons. The molecule has 0 spiro atoms. The van der Waals surface area contributed by atoms with Crippen LogP contribution in [0.25, 0.3) is 0 Å². The predicted molar refractivity (Wildman–Crippen MR) is 70.0 cm³/mol. The monoisotopic (exact) mass is 236 g/mol. The minimum atomic E-state index is -0.194. The second kappa shape index (κ2) is 6.78. The molecule has 0 aliphatic carbocycles. The molecule has 0 amide bonds. The van der Waals surface area contributed by atoms with E-state index in [0.29, 0.717) is 13.0 Å². The van der Waals surface area contributed by atoms with Crippen molar-refractivity contribution in [1.82, 2.24) is 0 Å². The number of nitrogens with zero attached hydrogens (tertiary/aromatic N) is 1. The number of nitrogen functional groups attached to an aromatic ring is 1. The van der Waals surface area contributed by atoms with E-state index in [9.17, 15) is 4.79 Å². The summed E-state index contributed by atoms with van der Waals surface area (Å²) >= 11 is 0. The molecule has 0 heterocycles. The number of hydrogen-bond donors (Lipinski definition) is 1. The molecule has 0 bridgehead atoms. The molecule has 4 heteroatoms. The topological polar surface area (TPSA) is 55.6 Å². The van der Waals surface area contributed by atoms with Gasteiger partial charge in [0.1, 0.15) is 0 Å². The number of methoxy groups -OCH3 is 1. The largest absolute Gasteiger partial charge is 0.469 e. The molecule has 17 heavy (non-hydrogen) atoms. The standard InChI is InChI=1S/C13H20N2O2/c1-3-9-15(10-8-13(16)17-2)12-7-5-4-6-11(12)14/h4-7H,3,8-10,14H2,1-2H3. The second-order valence-electron chi connectivity index (χ2n) is 3.87. The molecule has 0 aromatic heterocycles. The summed E-state index contributed by atoms with van der Waals surface area (Å²) in [7, 11) is 1.41. The number of hydrogen-bond acceptors (Lipinski definition) is 4. The molecule has 1 aromatic rings. The zero-order chi connectivity index (χ0) is 12.7. The van der Waals surface area contributed by atoms with E-state index < -0.39 is 0 Å². The highest BCUT2D eigenvalue weighted by Crippen LogP contribution is 2.22. The van der Waals surface area contributed by atoms with Crippen molar-refractivity contribution in [2.45, 2.75) is 19.8 Å². The number of para-hydroxylation sites is 2. The molecule has 0 atom stereocenters. The number of esters is 1. The lowest BCUT2D eigenvalue weighted by molar-refractivity contribution is -0.140. The number of ether oxygens (including phenoxy) is 1. The summed E-state index contributed by atoms with van der Waals surface area (Å²) in [5.74, 6) is -0.194. The Kier molecular flexibility index (Phi) is 5.33. The Hall–Kier alpha value is -1.71. The highest BCUT2D eigenvalue weighted by atomic mass is 16.5. The number of rotatable bonds is 6. The van der Waals surface area contributed by atoms with Gasteiger partial charge in [-0.15, -0.1) is 0 Å². The van der Waals surface area contributed by atoms with Gasteiger partial charge in [0, 0.05) is 13.1 Å². The number of benzene rings is 1. The Morgan fingerprint density at radius 1 is 1.35 bits per heavy atom. The van der Waals surface area contributed by atoms with Crippen LogP contribution in [0.2, 0.25) is 0 Å². The van der Waals surface area contributed by atoms with Crippen molar-refractivity contribution in [2.24, 2.45) is 0 Å². The lowest BCUT2D eigenvalue weighted by Crippen LogP contribution is -2.28. The zero-order valence-corrected chi connectivity index (χ0v) is 10.5. The van der Waals surface area contributed by atoms with E-state index in [1.165, 1.54) is 7.11 Å². The molecule has 2 N–H and O–H groups in total. The molecule has 0 saturated carbocycles. The molecule has 0 aliphatic heterocycles. The summed E-state index contributed by atoms with van der Waals surface area (Å²) in [6.45, 7) is 3.62. The zero-order valence-electron chi connectivity index (χ0n) is 10.5. The fourth-order valence-corrected chi connectivity index (χ4v) is 1.73. The highest BCUT2D eigenvalue weighted by Gasteiger charge is 2.10. The minimum absolute atomic E-state index is 0.194. The maximum atomic E-state index is 11.2. The van der Waals surface area contributed by atoms with Gasteiger partial charge in [0.15, 0.2) is 0 Å². The van der Waals surface area contributed by atoms with Gasteiger partial charge in [0.2, 0.25) is 0 Å². The van der Waals surface area contributed by atoms with Crippen LogP contribution in [0.4, 0.5) is 11.4 Å². The van der Waals surface area contributed by atoms with Crippen molar-refractivity contribution in [3.63, 3.8) is 0 Å². The van der Waals surface area contributed by atoms with Gasteiger partial charge in [0.05, 0.1) is 24.9 Å². The lowest BCUT2D eigenvalue weighted by atomic mass is 10.2. The first kappa shape index (κ1) is 13.4. The van der Waals surface area contributed by atoms with Crippen LogP contribution < -0.4 is 10.6 Å². The smallest absolute Gasteiger partial charge is 0.307 e. The van der Waals surface area contributed by atoms with Crippen LogP contribution in [0.3, 0.4) is 0 Å². The van der Waals surface area contributed by atoms with Crippen molar-refractivity contribution in [1.29, 1.82) is 0 Å². The number of nitrogens with two attached hydrogens (primary N) is 1. The van der Waals surface area contributed by atoms with Gasteiger partial charge in [-0.2, -0.15) is 0 Å².